The second-order valence-electron chi connectivity index (χ2n) is 10.1. The number of carbonyl (C=O) groups excluding carboxylic acids is 3. The molecule has 0 radical (unpaired) electrons. The Labute approximate surface area is 266 Å². The minimum atomic E-state index is -1.37. The number of thiazole rings is 1. The normalized spacial score (nSPS) is 20.7. The van der Waals surface area contributed by atoms with E-state index < -0.39 is 47.0 Å². The van der Waals surface area contributed by atoms with Gasteiger partial charge in [0.1, 0.15) is 48.1 Å². The van der Waals surface area contributed by atoms with Crippen LogP contribution in [0.15, 0.2) is 38.4 Å². The van der Waals surface area contributed by atoms with Crippen molar-refractivity contribution in [2.24, 2.45) is 22.0 Å². The summed E-state index contributed by atoms with van der Waals surface area (Å²) < 4.78 is 0. The van der Waals surface area contributed by atoms with Gasteiger partial charge in [-0.3, -0.25) is 28.9 Å². The van der Waals surface area contributed by atoms with Gasteiger partial charge in [0.05, 0.1) is 32.1 Å². The number of nitrogens with two attached hydrogens (primary N) is 1. The number of nitrogens with zero attached hydrogens (tertiary/aromatic N) is 5. The number of anilines is 1. The lowest BCUT2D eigenvalue weighted by Gasteiger charge is -2.49. The third kappa shape index (κ3) is 7.29. The molecule has 45 heavy (non-hydrogen) atoms. The molecule has 18 heteroatoms. The van der Waals surface area contributed by atoms with Crippen molar-refractivity contribution in [2.75, 3.05) is 31.7 Å². The Morgan fingerprint density at radius 1 is 1.33 bits per heavy atom. The van der Waals surface area contributed by atoms with Crippen LogP contribution in [-0.2, 0) is 33.6 Å². The Kier molecular flexibility index (Phi) is 10.8. The van der Waals surface area contributed by atoms with Gasteiger partial charge in [0.25, 0.3) is 17.7 Å². The third-order valence-electron chi connectivity index (χ3n) is 7.18. The molecular weight excluding hydrogens is 630 g/mol. The molecule has 1 aromatic rings. The van der Waals surface area contributed by atoms with Crippen molar-refractivity contribution in [2.45, 2.75) is 38.1 Å². The second kappa shape index (κ2) is 14.6. The van der Waals surface area contributed by atoms with E-state index in [-0.39, 0.29) is 47.0 Å². The van der Waals surface area contributed by atoms with Crippen LogP contribution in [0.2, 0.25) is 0 Å². The van der Waals surface area contributed by atoms with E-state index in [2.05, 4.69) is 20.4 Å². The number of carboxylic acid groups (broad SMARTS) is 2. The molecule has 0 aliphatic carbocycles. The number of amides is 3. The van der Waals surface area contributed by atoms with Crippen LogP contribution in [0.5, 0.6) is 0 Å². The average Bonchev–Trinajstić information content (AvgIpc) is 3.46. The van der Waals surface area contributed by atoms with Crippen LogP contribution in [0.3, 0.4) is 0 Å². The van der Waals surface area contributed by atoms with Crippen molar-refractivity contribution in [3.63, 3.8) is 0 Å². The predicted molar refractivity (Wildman–Crippen MR) is 163 cm³/mol. The minimum absolute atomic E-state index is 0.0511. The standard InChI is InChI=1S/C27H31N7O9S2/c1-4-16(14-5-7-29-8-6-14)22(36)33(42-3)9-15-11-44-24-19(23(37)34(24)20(15)26(40)41)31-21(35)18(17-12-45-27(28)30-17)32-43-10-13(2)25(38)39/h5,7-8,12-13,16,19,24H,4,6,9-11H2,1-3H3,(H4-,28,30,31,35,38,39,40,41)/p+1/t13?,16?,19?,24-/m0/s1. The molecule has 0 spiro atoms. The first-order valence-electron chi connectivity index (χ1n) is 13.7. The number of aliphatic carboxylic acids is 2. The molecule has 3 unspecified atom stereocenters. The van der Waals surface area contributed by atoms with E-state index >= 15 is 0 Å². The van der Waals surface area contributed by atoms with Gasteiger partial charge in [-0.2, -0.15) is 0 Å². The number of hydrogen-bond donors (Lipinski definition) is 4. The van der Waals surface area contributed by atoms with Crippen LogP contribution in [0.1, 0.15) is 32.4 Å². The minimum Gasteiger partial charge on any atom is -0.481 e. The zero-order chi connectivity index (χ0) is 32.8. The van der Waals surface area contributed by atoms with Gasteiger partial charge >= 0.3 is 11.9 Å². The highest BCUT2D eigenvalue weighted by Gasteiger charge is 2.54. The molecule has 4 rings (SSSR count). The Balaban J connectivity index is 1.50. The predicted octanol–water partition coefficient (Wildman–Crippen LogP) is 0.884. The smallest absolute Gasteiger partial charge is 0.352 e. The summed E-state index contributed by atoms with van der Waals surface area (Å²) in [6.45, 7) is 4.34. The van der Waals surface area contributed by atoms with Crippen molar-refractivity contribution in [1.82, 2.24) is 20.3 Å². The van der Waals surface area contributed by atoms with Gasteiger partial charge in [-0.1, -0.05) is 12.1 Å². The summed E-state index contributed by atoms with van der Waals surface area (Å²) in [5.41, 5.74) is 6.27. The third-order valence-corrected chi connectivity index (χ3v) is 9.19. The first-order valence-corrected chi connectivity index (χ1v) is 15.7. The number of hydrogen-bond acceptors (Lipinski definition) is 13. The quantitative estimate of drug-likeness (QED) is 0.0943. The first kappa shape index (κ1) is 33.5. The van der Waals surface area contributed by atoms with E-state index in [1.165, 1.54) is 31.2 Å². The van der Waals surface area contributed by atoms with Gasteiger partial charge in [-0.25, -0.2) is 14.8 Å². The van der Waals surface area contributed by atoms with Crippen molar-refractivity contribution in [1.29, 1.82) is 0 Å². The van der Waals surface area contributed by atoms with Gasteiger partial charge in [0.15, 0.2) is 10.8 Å². The highest BCUT2D eigenvalue weighted by Crippen LogP contribution is 2.41. The van der Waals surface area contributed by atoms with Crippen molar-refractivity contribution >= 4 is 69.8 Å². The highest BCUT2D eigenvalue weighted by molar-refractivity contribution is 8.00. The number of oxime groups is 1. The molecule has 5 N–H and O–H groups in total. The molecule has 3 aliphatic heterocycles. The average molecular weight is 663 g/mol. The lowest BCUT2D eigenvalue weighted by Crippen LogP contribution is -2.71. The van der Waals surface area contributed by atoms with Crippen molar-refractivity contribution < 1.29 is 43.9 Å². The number of nitrogen functional groups attached to an aromatic ring is 1. The van der Waals surface area contributed by atoms with Gasteiger partial charge in [0, 0.05) is 16.7 Å². The number of dihydropyridines is 1. The number of hydroxylamine groups is 2. The molecule has 0 bridgehead atoms. The largest absolute Gasteiger partial charge is 0.481 e. The van der Waals surface area contributed by atoms with Crippen LogP contribution in [0, 0.1) is 18.4 Å². The lowest BCUT2D eigenvalue weighted by molar-refractivity contribution is -0.177. The van der Waals surface area contributed by atoms with Crippen LogP contribution in [0.4, 0.5) is 5.13 Å². The molecule has 240 valence electrons. The summed E-state index contributed by atoms with van der Waals surface area (Å²) in [7, 11) is 1.31. The summed E-state index contributed by atoms with van der Waals surface area (Å²) in [4.78, 5) is 83.0. The molecule has 0 aromatic carbocycles. The van der Waals surface area contributed by atoms with E-state index in [0.29, 0.717) is 18.4 Å². The molecule has 3 amide bonds. The number of nitrogens with one attached hydrogen (secondary N) is 1. The molecule has 4 heterocycles. The fourth-order valence-corrected chi connectivity index (χ4v) is 6.64. The number of carbonyl (C=O) groups is 5. The summed E-state index contributed by atoms with van der Waals surface area (Å²) >= 11 is 2.24. The van der Waals surface area contributed by atoms with E-state index in [4.69, 9.17) is 20.5 Å². The van der Waals surface area contributed by atoms with E-state index in [1.807, 2.05) is 6.92 Å². The monoisotopic (exact) mass is 662 g/mol. The van der Waals surface area contributed by atoms with Crippen LogP contribution in [-0.4, -0.2) is 104 Å². The zero-order valence-corrected chi connectivity index (χ0v) is 26.2. The Hall–Kier alpha value is -4.42. The van der Waals surface area contributed by atoms with Crippen molar-refractivity contribution in [3.05, 3.63) is 40.5 Å². The Morgan fingerprint density at radius 3 is 2.67 bits per heavy atom. The van der Waals surface area contributed by atoms with Gasteiger partial charge < -0.3 is 26.1 Å². The SMILES string of the molecule is CCC(C(=O)N(CC1=C(C(=O)O)N2C(=O)C(NC(=O)C(=NOCC(C)C(=O)O)c3csc(N)n3)[C@@H]2SC1)OC)C1=C[CH+]N=CC1. The molecule has 4 atom stereocenters. The van der Waals surface area contributed by atoms with Gasteiger partial charge in [-0.15, -0.1) is 28.1 Å². The molecule has 0 saturated carbocycles. The highest BCUT2D eigenvalue weighted by atomic mass is 32.2. The van der Waals surface area contributed by atoms with Gasteiger partial charge in [-0.05, 0) is 18.9 Å². The van der Waals surface area contributed by atoms with Gasteiger partial charge in [0.2, 0.25) is 0 Å². The Bertz CT molecular complexity index is 1490. The van der Waals surface area contributed by atoms with Crippen molar-refractivity contribution in [3.8, 4) is 0 Å². The molecule has 1 aromatic heterocycles. The maximum atomic E-state index is 13.4. The van der Waals surface area contributed by atoms with E-state index in [0.717, 1.165) is 26.9 Å². The topological polar surface area (TPSA) is 226 Å². The molecule has 16 nitrogen and oxygen atoms in total. The zero-order valence-electron chi connectivity index (χ0n) is 24.5. The Morgan fingerprint density at radius 2 is 2.09 bits per heavy atom. The number of fused-ring (bicyclic) bond motifs is 1. The molecule has 3 aliphatic rings. The second-order valence-corrected chi connectivity index (χ2v) is 12.1. The summed E-state index contributed by atoms with van der Waals surface area (Å²) in [5, 5.41) is 27.4. The number of aliphatic imine (C=N–C) groups is 1. The van der Waals surface area contributed by atoms with E-state index in [9.17, 15) is 29.1 Å². The maximum absolute atomic E-state index is 13.4. The number of carboxylic acids is 2. The molecular formula is C27H32N7O9S2+. The fourth-order valence-electron chi connectivity index (χ4n) is 4.76. The number of β-lactam (4-membered cyclic amide) rings is 1. The number of rotatable bonds is 14. The number of aromatic nitrogens is 1. The maximum Gasteiger partial charge on any atom is 0.352 e. The fraction of sp³-hybridized carbons (Fsp3) is 0.444. The van der Waals surface area contributed by atoms with E-state index in [1.54, 1.807) is 18.8 Å². The van der Waals surface area contributed by atoms with Crippen LogP contribution < -0.4 is 11.1 Å². The lowest BCUT2D eigenvalue weighted by atomic mass is 9.91. The summed E-state index contributed by atoms with van der Waals surface area (Å²) in [6.07, 6.45) is 4.47. The number of thioether (sulfide) groups is 1. The molecule has 1 saturated heterocycles. The molecule has 1 fully saturated rings. The summed E-state index contributed by atoms with van der Waals surface area (Å²) in [6, 6.07) is -1.11. The van der Waals surface area contributed by atoms with Crippen LogP contribution in [0.25, 0.3) is 0 Å². The summed E-state index contributed by atoms with van der Waals surface area (Å²) in [5.74, 6) is -5.66. The first-order chi connectivity index (χ1) is 21.5. The van der Waals surface area contributed by atoms with Crippen LogP contribution >= 0.6 is 23.1 Å².